The van der Waals surface area contributed by atoms with Gasteiger partial charge < -0.3 is 15.0 Å². The minimum absolute atomic E-state index is 0.527. The zero-order valence-electron chi connectivity index (χ0n) is 11.3. The lowest BCUT2D eigenvalue weighted by Gasteiger charge is -2.27. The molecular weight excluding hydrogens is 252 g/mol. The van der Waals surface area contributed by atoms with Gasteiger partial charge in [-0.3, -0.25) is 0 Å². The summed E-state index contributed by atoms with van der Waals surface area (Å²) in [6, 6.07) is 11.9. The second-order valence-electron chi connectivity index (χ2n) is 4.71. The van der Waals surface area contributed by atoms with Crippen LogP contribution in [-0.4, -0.2) is 36.1 Å². The third kappa shape index (κ3) is 3.24. The smallest absolute Gasteiger partial charge is 0.228 e. The lowest BCUT2D eigenvalue weighted by atomic mass is 10.2. The van der Waals surface area contributed by atoms with Crippen molar-refractivity contribution in [1.29, 1.82) is 0 Å². The summed E-state index contributed by atoms with van der Waals surface area (Å²) in [6.45, 7) is 4.33. The van der Waals surface area contributed by atoms with Crippen molar-refractivity contribution < 1.29 is 4.74 Å². The molecule has 5 nitrogen and oxygen atoms in total. The van der Waals surface area contributed by atoms with E-state index in [9.17, 15) is 0 Å². The summed E-state index contributed by atoms with van der Waals surface area (Å²) in [7, 11) is 0. The van der Waals surface area contributed by atoms with Gasteiger partial charge in [0.2, 0.25) is 11.8 Å². The first kappa shape index (κ1) is 12.9. The Kier molecular flexibility index (Phi) is 4.08. The zero-order chi connectivity index (χ0) is 13.6. The van der Waals surface area contributed by atoms with Crippen LogP contribution in [0, 0.1) is 0 Å². The maximum absolute atomic E-state index is 5.73. The first-order valence-corrected chi connectivity index (χ1v) is 6.87. The van der Waals surface area contributed by atoms with Crippen molar-refractivity contribution >= 4 is 5.95 Å². The second-order valence-corrected chi connectivity index (χ2v) is 4.71. The van der Waals surface area contributed by atoms with Crippen LogP contribution in [0.3, 0.4) is 0 Å². The largest absolute Gasteiger partial charge is 0.473 e. The molecule has 0 unspecified atom stereocenters. The summed E-state index contributed by atoms with van der Waals surface area (Å²) in [5, 5.41) is 3.32. The third-order valence-corrected chi connectivity index (χ3v) is 3.25. The molecule has 5 heteroatoms. The van der Waals surface area contributed by atoms with Crippen LogP contribution in [0.5, 0.6) is 5.88 Å². The molecule has 104 valence electrons. The van der Waals surface area contributed by atoms with E-state index in [0.29, 0.717) is 12.5 Å². The van der Waals surface area contributed by atoms with E-state index in [0.717, 1.165) is 37.7 Å². The van der Waals surface area contributed by atoms with Gasteiger partial charge in [-0.25, -0.2) is 4.98 Å². The minimum atomic E-state index is 0.527. The first-order valence-electron chi connectivity index (χ1n) is 6.87. The summed E-state index contributed by atoms with van der Waals surface area (Å²) in [4.78, 5) is 11.0. The van der Waals surface area contributed by atoms with E-state index in [4.69, 9.17) is 4.74 Å². The van der Waals surface area contributed by atoms with Crippen LogP contribution in [0.15, 0.2) is 42.6 Å². The zero-order valence-corrected chi connectivity index (χ0v) is 11.3. The molecule has 1 aliphatic heterocycles. The first-order chi connectivity index (χ1) is 9.92. The van der Waals surface area contributed by atoms with Crippen LogP contribution in [-0.2, 0) is 6.61 Å². The summed E-state index contributed by atoms with van der Waals surface area (Å²) in [5.41, 5.74) is 1.13. The predicted octanol–water partition coefficient (Wildman–Crippen LogP) is 1.47. The van der Waals surface area contributed by atoms with Gasteiger partial charge in [-0.15, -0.1) is 0 Å². The van der Waals surface area contributed by atoms with E-state index in [2.05, 4.69) is 20.2 Å². The average Bonchev–Trinajstić information content (AvgIpc) is 2.55. The molecule has 0 spiro atoms. The highest BCUT2D eigenvalue weighted by Crippen LogP contribution is 2.14. The van der Waals surface area contributed by atoms with Crippen molar-refractivity contribution in [2.24, 2.45) is 0 Å². The monoisotopic (exact) mass is 270 g/mol. The Labute approximate surface area is 118 Å². The number of benzene rings is 1. The quantitative estimate of drug-likeness (QED) is 0.911. The maximum Gasteiger partial charge on any atom is 0.228 e. The van der Waals surface area contributed by atoms with Gasteiger partial charge in [0.1, 0.15) is 6.61 Å². The normalized spacial score (nSPS) is 15.1. The number of hydrogen-bond donors (Lipinski definition) is 1. The van der Waals surface area contributed by atoms with Crippen molar-refractivity contribution in [2.45, 2.75) is 6.61 Å². The summed E-state index contributed by atoms with van der Waals surface area (Å²) in [6.07, 6.45) is 1.75. The summed E-state index contributed by atoms with van der Waals surface area (Å²) < 4.78 is 5.73. The number of nitrogens with one attached hydrogen (secondary N) is 1. The molecule has 1 aromatic heterocycles. The van der Waals surface area contributed by atoms with Crippen LogP contribution >= 0.6 is 0 Å². The molecule has 1 fully saturated rings. The Morgan fingerprint density at radius 2 is 1.90 bits per heavy atom. The van der Waals surface area contributed by atoms with Crippen LogP contribution in [0.25, 0.3) is 0 Å². The fraction of sp³-hybridized carbons (Fsp3) is 0.333. The average molecular weight is 270 g/mol. The Hall–Kier alpha value is -2.14. The SMILES string of the molecule is c1ccc(COc2ccnc(N3CCNCC3)n2)cc1. The number of anilines is 1. The van der Waals surface area contributed by atoms with Crippen LogP contribution in [0.2, 0.25) is 0 Å². The molecule has 0 aliphatic carbocycles. The van der Waals surface area contributed by atoms with Gasteiger partial charge in [-0.05, 0) is 5.56 Å². The van der Waals surface area contributed by atoms with Gasteiger partial charge in [0.25, 0.3) is 0 Å². The standard InChI is InChI=1S/C15H18N4O/c1-2-4-13(5-3-1)12-20-14-6-7-17-15(18-14)19-10-8-16-9-11-19/h1-7,16H,8-12H2. The summed E-state index contributed by atoms with van der Waals surface area (Å²) in [5.74, 6) is 1.37. The van der Waals surface area contributed by atoms with Crippen LogP contribution in [0.4, 0.5) is 5.95 Å². The van der Waals surface area contributed by atoms with Gasteiger partial charge in [-0.1, -0.05) is 30.3 Å². The van der Waals surface area contributed by atoms with E-state index >= 15 is 0 Å². The van der Waals surface area contributed by atoms with Gasteiger partial charge in [0.15, 0.2) is 0 Å². The molecule has 20 heavy (non-hydrogen) atoms. The van der Waals surface area contributed by atoms with Crippen molar-refractivity contribution in [2.75, 3.05) is 31.1 Å². The van der Waals surface area contributed by atoms with Crippen molar-refractivity contribution in [3.05, 3.63) is 48.2 Å². The molecule has 0 saturated carbocycles. The number of rotatable bonds is 4. The molecule has 0 atom stereocenters. The third-order valence-electron chi connectivity index (χ3n) is 3.25. The summed E-state index contributed by atoms with van der Waals surface area (Å²) >= 11 is 0. The highest BCUT2D eigenvalue weighted by Gasteiger charge is 2.13. The van der Waals surface area contributed by atoms with Gasteiger partial charge in [0.05, 0.1) is 0 Å². The second kappa shape index (κ2) is 6.34. The molecule has 1 aromatic carbocycles. The molecule has 2 aromatic rings. The predicted molar refractivity (Wildman–Crippen MR) is 77.9 cm³/mol. The van der Waals surface area contributed by atoms with E-state index in [1.54, 1.807) is 12.3 Å². The maximum atomic E-state index is 5.73. The van der Waals surface area contributed by atoms with Crippen molar-refractivity contribution in [1.82, 2.24) is 15.3 Å². The Bertz CT molecular complexity index is 541. The number of ether oxygens (including phenoxy) is 1. The Balaban J connectivity index is 1.65. The fourth-order valence-corrected chi connectivity index (χ4v) is 2.16. The topological polar surface area (TPSA) is 50.3 Å². The lowest BCUT2D eigenvalue weighted by Crippen LogP contribution is -2.44. The van der Waals surface area contributed by atoms with Gasteiger partial charge >= 0.3 is 0 Å². The molecule has 2 heterocycles. The van der Waals surface area contributed by atoms with Crippen LogP contribution in [0.1, 0.15) is 5.56 Å². The Morgan fingerprint density at radius 3 is 2.70 bits per heavy atom. The molecule has 1 aliphatic rings. The number of nitrogens with zero attached hydrogens (tertiary/aromatic N) is 3. The van der Waals surface area contributed by atoms with Gasteiger partial charge in [0, 0.05) is 38.4 Å². The highest BCUT2D eigenvalue weighted by molar-refractivity contribution is 5.32. The van der Waals surface area contributed by atoms with E-state index in [-0.39, 0.29) is 0 Å². The molecule has 0 bridgehead atoms. The molecule has 0 radical (unpaired) electrons. The fourth-order valence-electron chi connectivity index (χ4n) is 2.16. The minimum Gasteiger partial charge on any atom is -0.473 e. The number of aromatic nitrogens is 2. The molecule has 1 N–H and O–H groups in total. The van der Waals surface area contributed by atoms with E-state index < -0.39 is 0 Å². The number of hydrogen-bond acceptors (Lipinski definition) is 5. The highest BCUT2D eigenvalue weighted by atomic mass is 16.5. The van der Waals surface area contributed by atoms with Gasteiger partial charge in [-0.2, -0.15) is 4.98 Å². The molecule has 1 saturated heterocycles. The van der Waals surface area contributed by atoms with Crippen molar-refractivity contribution in [3.63, 3.8) is 0 Å². The molecule has 3 rings (SSSR count). The van der Waals surface area contributed by atoms with E-state index in [1.807, 2.05) is 30.3 Å². The van der Waals surface area contributed by atoms with E-state index in [1.165, 1.54) is 0 Å². The Morgan fingerprint density at radius 1 is 1.10 bits per heavy atom. The lowest BCUT2D eigenvalue weighted by molar-refractivity contribution is 0.293. The molecule has 0 amide bonds. The van der Waals surface area contributed by atoms with Crippen molar-refractivity contribution in [3.8, 4) is 5.88 Å². The number of piperazine rings is 1. The molecular formula is C15H18N4O. The van der Waals surface area contributed by atoms with Crippen LogP contribution < -0.4 is 15.0 Å².